The fourth-order valence-electron chi connectivity index (χ4n) is 2.43. The molecule has 7 heteroatoms. The van der Waals surface area contributed by atoms with E-state index in [2.05, 4.69) is 0 Å². The smallest absolute Gasteiger partial charge is 0.292 e. The van der Waals surface area contributed by atoms with Gasteiger partial charge >= 0.3 is 0 Å². The summed E-state index contributed by atoms with van der Waals surface area (Å²) in [6, 6.07) is 6.19. The number of nitro groups is 1. The molecule has 2 N–H and O–H groups in total. The van der Waals surface area contributed by atoms with E-state index in [9.17, 15) is 14.9 Å². The van der Waals surface area contributed by atoms with Gasteiger partial charge in [0.2, 0.25) is 5.91 Å². The summed E-state index contributed by atoms with van der Waals surface area (Å²) in [5.74, 6) is -0.706. The highest BCUT2D eigenvalue weighted by Gasteiger charge is 2.28. The van der Waals surface area contributed by atoms with Gasteiger partial charge in [0.05, 0.1) is 22.5 Å². The fraction of sp³-hybridized carbons (Fsp3) is 0.385. The minimum absolute atomic E-state index is 0.0610. The summed E-state index contributed by atoms with van der Waals surface area (Å²) in [6.07, 6.45) is 1.43. The molecule has 20 heavy (non-hydrogen) atoms. The first-order chi connectivity index (χ1) is 9.52. The van der Waals surface area contributed by atoms with E-state index in [1.807, 2.05) is 6.07 Å². The van der Waals surface area contributed by atoms with Gasteiger partial charge in [-0.25, -0.2) is 0 Å². The number of hydrogen-bond acceptors (Lipinski definition) is 5. The zero-order valence-corrected chi connectivity index (χ0v) is 10.8. The molecule has 0 aromatic heterocycles. The molecular formula is C13H14N4O3. The van der Waals surface area contributed by atoms with Crippen molar-refractivity contribution in [2.24, 2.45) is 11.7 Å². The van der Waals surface area contributed by atoms with Gasteiger partial charge in [0.15, 0.2) is 0 Å². The van der Waals surface area contributed by atoms with E-state index in [4.69, 9.17) is 11.0 Å². The van der Waals surface area contributed by atoms with Crippen LogP contribution in [0, 0.1) is 27.4 Å². The van der Waals surface area contributed by atoms with E-state index < -0.39 is 10.8 Å². The quantitative estimate of drug-likeness (QED) is 0.656. The number of amides is 1. The van der Waals surface area contributed by atoms with Gasteiger partial charge < -0.3 is 10.6 Å². The number of carbonyl (C=O) groups excluding carboxylic acids is 1. The van der Waals surface area contributed by atoms with Crippen LogP contribution < -0.4 is 10.6 Å². The van der Waals surface area contributed by atoms with Crippen LogP contribution in [0.25, 0.3) is 0 Å². The molecule has 1 fully saturated rings. The molecule has 0 bridgehead atoms. The summed E-state index contributed by atoms with van der Waals surface area (Å²) in [6.45, 7) is 0.963. The Morgan fingerprint density at radius 1 is 1.55 bits per heavy atom. The van der Waals surface area contributed by atoms with Gasteiger partial charge in [-0.1, -0.05) is 0 Å². The Morgan fingerprint density at radius 2 is 2.30 bits per heavy atom. The van der Waals surface area contributed by atoms with Gasteiger partial charge in [-0.05, 0) is 25.0 Å². The van der Waals surface area contributed by atoms with Crippen LogP contribution in [0.15, 0.2) is 18.2 Å². The second kappa shape index (κ2) is 5.57. The Balaban J connectivity index is 2.37. The maximum absolute atomic E-state index is 11.3. The molecule has 104 valence electrons. The van der Waals surface area contributed by atoms with Crippen LogP contribution in [-0.4, -0.2) is 23.9 Å². The van der Waals surface area contributed by atoms with Crippen molar-refractivity contribution < 1.29 is 9.72 Å². The minimum atomic E-state index is -0.482. The number of nitrogens with two attached hydrogens (primary N) is 1. The lowest BCUT2D eigenvalue weighted by Crippen LogP contribution is -2.41. The van der Waals surface area contributed by atoms with Crippen LogP contribution in [-0.2, 0) is 4.79 Å². The molecule has 1 heterocycles. The Morgan fingerprint density at radius 3 is 2.90 bits per heavy atom. The molecule has 7 nitrogen and oxygen atoms in total. The SMILES string of the molecule is N#Cc1ccc([N+](=O)[O-])c(N2CCCC(C(N)=O)C2)c1. The van der Waals surface area contributed by atoms with Crippen molar-refractivity contribution in [3.63, 3.8) is 0 Å². The third-order valence-electron chi connectivity index (χ3n) is 3.47. The Labute approximate surface area is 115 Å². The number of hydrogen-bond donors (Lipinski definition) is 1. The molecule has 0 saturated carbocycles. The average molecular weight is 274 g/mol. The van der Waals surface area contributed by atoms with Gasteiger partial charge in [0.1, 0.15) is 5.69 Å². The number of nitro benzene ring substituents is 1. The number of piperidine rings is 1. The van der Waals surface area contributed by atoms with Crippen molar-refractivity contribution in [3.05, 3.63) is 33.9 Å². The Bertz CT molecular complexity index is 594. The van der Waals surface area contributed by atoms with Crippen LogP contribution in [0.3, 0.4) is 0 Å². The zero-order valence-electron chi connectivity index (χ0n) is 10.8. The fourth-order valence-corrected chi connectivity index (χ4v) is 2.43. The summed E-state index contributed by atoms with van der Waals surface area (Å²) >= 11 is 0. The molecular weight excluding hydrogens is 260 g/mol. The maximum atomic E-state index is 11.3. The van der Waals surface area contributed by atoms with E-state index >= 15 is 0 Å². The predicted molar refractivity (Wildman–Crippen MR) is 71.9 cm³/mol. The van der Waals surface area contributed by atoms with Crippen molar-refractivity contribution in [1.29, 1.82) is 5.26 Å². The lowest BCUT2D eigenvalue weighted by molar-refractivity contribution is -0.384. The third kappa shape index (κ3) is 2.69. The number of nitriles is 1. The van der Waals surface area contributed by atoms with Crippen LogP contribution in [0.1, 0.15) is 18.4 Å². The number of rotatable bonds is 3. The summed E-state index contributed by atoms with van der Waals surface area (Å²) < 4.78 is 0. The van der Waals surface area contributed by atoms with Crippen molar-refractivity contribution in [3.8, 4) is 6.07 Å². The Hall–Kier alpha value is -2.62. The first-order valence-electron chi connectivity index (χ1n) is 6.25. The largest absolute Gasteiger partial charge is 0.369 e. The Kier molecular flexibility index (Phi) is 3.84. The normalized spacial score (nSPS) is 18.4. The first kappa shape index (κ1) is 13.8. The third-order valence-corrected chi connectivity index (χ3v) is 3.47. The predicted octanol–water partition coefficient (Wildman–Crippen LogP) is 1.17. The monoisotopic (exact) mass is 274 g/mol. The van der Waals surface area contributed by atoms with Crippen molar-refractivity contribution in [2.45, 2.75) is 12.8 Å². The summed E-state index contributed by atoms with van der Waals surface area (Å²) in [5.41, 5.74) is 5.98. The van der Waals surface area contributed by atoms with Gasteiger partial charge in [-0.15, -0.1) is 0 Å². The average Bonchev–Trinajstić information content (AvgIpc) is 2.46. The zero-order chi connectivity index (χ0) is 14.7. The van der Waals surface area contributed by atoms with E-state index in [0.717, 1.165) is 6.42 Å². The van der Waals surface area contributed by atoms with E-state index in [0.29, 0.717) is 30.8 Å². The molecule has 1 unspecified atom stereocenters. The topological polar surface area (TPSA) is 113 Å². The van der Waals surface area contributed by atoms with Gasteiger partial charge in [0.25, 0.3) is 5.69 Å². The summed E-state index contributed by atoms with van der Waals surface area (Å²) in [7, 11) is 0. The molecule has 0 radical (unpaired) electrons. The minimum Gasteiger partial charge on any atom is -0.369 e. The lowest BCUT2D eigenvalue weighted by Gasteiger charge is -2.32. The molecule has 1 amide bonds. The number of primary amides is 1. The van der Waals surface area contributed by atoms with Gasteiger partial charge in [-0.3, -0.25) is 14.9 Å². The number of anilines is 1. The van der Waals surface area contributed by atoms with Crippen LogP contribution in [0.5, 0.6) is 0 Å². The van der Waals surface area contributed by atoms with Gasteiger partial charge in [-0.2, -0.15) is 5.26 Å². The standard InChI is InChI=1S/C13H14N4O3/c14-7-9-3-4-11(17(19)20)12(6-9)16-5-1-2-10(8-16)13(15)18/h3-4,6,10H,1-2,5,8H2,(H2,15,18). The first-order valence-corrected chi connectivity index (χ1v) is 6.25. The molecule has 1 aromatic carbocycles. The van der Waals surface area contributed by atoms with E-state index in [1.165, 1.54) is 18.2 Å². The molecule has 1 aromatic rings. The molecule has 1 atom stereocenters. The number of carbonyl (C=O) groups is 1. The molecule has 1 saturated heterocycles. The van der Waals surface area contributed by atoms with Gasteiger partial charge in [0, 0.05) is 19.2 Å². The van der Waals surface area contributed by atoms with Crippen molar-refractivity contribution in [1.82, 2.24) is 0 Å². The molecule has 0 spiro atoms. The molecule has 0 aliphatic carbocycles. The number of nitrogens with zero attached hydrogens (tertiary/aromatic N) is 3. The number of benzene rings is 1. The van der Waals surface area contributed by atoms with Crippen molar-refractivity contribution >= 4 is 17.3 Å². The second-order valence-electron chi connectivity index (χ2n) is 4.76. The lowest BCUT2D eigenvalue weighted by atomic mass is 9.96. The second-order valence-corrected chi connectivity index (χ2v) is 4.76. The highest BCUT2D eigenvalue weighted by atomic mass is 16.6. The highest BCUT2D eigenvalue weighted by Crippen LogP contribution is 2.32. The van der Waals surface area contributed by atoms with Crippen molar-refractivity contribution in [2.75, 3.05) is 18.0 Å². The maximum Gasteiger partial charge on any atom is 0.292 e. The summed E-state index contributed by atoms with van der Waals surface area (Å²) in [5, 5.41) is 20.0. The molecule has 1 aliphatic rings. The van der Waals surface area contributed by atoms with E-state index in [-0.39, 0.29) is 11.6 Å². The summed E-state index contributed by atoms with van der Waals surface area (Å²) in [4.78, 5) is 23.6. The van der Waals surface area contributed by atoms with E-state index in [1.54, 1.807) is 4.90 Å². The van der Waals surface area contributed by atoms with Crippen LogP contribution in [0.4, 0.5) is 11.4 Å². The highest BCUT2D eigenvalue weighted by molar-refractivity contribution is 5.78. The van der Waals surface area contributed by atoms with Crippen LogP contribution >= 0.6 is 0 Å². The van der Waals surface area contributed by atoms with Crippen LogP contribution in [0.2, 0.25) is 0 Å². The molecule has 2 rings (SSSR count). The molecule has 1 aliphatic heterocycles.